The Hall–Kier alpha value is -8.62. The summed E-state index contributed by atoms with van der Waals surface area (Å²) in [6.45, 7) is 36.5. The quantitative estimate of drug-likeness (QED) is 0.102. The first kappa shape index (κ1) is 56.5. The van der Waals surface area contributed by atoms with E-state index in [1.807, 2.05) is 0 Å². The van der Waals surface area contributed by atoms with Crippen molar-refractivity contribution in [3.8, 4) is 22.3 Å². The molecule has 0 amide bonds. The van der Waals surface area contributed by atoms with Crippen LogP contribution in [0.5, 0.6) is 0 Å². The zero-order valence-electron chi connectivity index (χ0n) is 53.5. The van der Waals surface area contributed by atoms with Crippen molar-refractivity contribution in [3.63, 3.8) is 0 Å². The number of fused-ring (bicyclic) bond motifs is 18. The van der Waals surface area contributed by atoms with E-state index in [2.05, 4.69) is 216 Å². The second-order valence-electron chi connectivity index (χ2n) is 24.3. The van der Waals surface area contributed by atoms with Crippen molar-refractivity contribution in [1.29, 1.82) is 0 Å². The van der Waals surface area contributed by atoms with E-state index in [1.54, 1.807) is 0 Å². The number of allylic oxidation sites excluding steroid dienone is 8. The Morgan fingerprint density at radius 2 is 0.698 bits per heavy atom. The minimum Gasteiger partial charge on any atom is -0.355 e. The van der Waals surface area contributed by atoms with Crippen LogP contribution in [0.4, 0.5) is 0 Å². The lowest BCUT2D eigenvalue weighted by molar-refractivity contribution is 1.14. The molecule has 0 fully saturated rings. The molecule has 9 aromatic rings. The number of aromatic amines is 4. The molecule has 0 atom stereocenters. The van der Waals surface area contributed by atoms with Crippen LogP contribution in [-0.2, 0) is 25.7 Å². The summed E-state index contributed by atoms with van der Waals surface area (Å²) in [4.78, 5) is 39.1. The molecular formula is C78H82N8. The first-order valence-corrected chi connectivity index (χ1v) is 31.9. The molecule has 0 radical (unpaired) electrons. The largest absolute Gasteiger partial charge is 0.355 e. The summed E-state index contributed by atoms with van der Waals surface area (Å²) in [5, 5.41) is 4.64. The van der Waals surface area contributed by atoms with E-state index in [-0.39, 0.29) is 0 Å². The van der Waals surface area contributed by atoms with Gasteiger partial charge in [0, 0.05) is 49.8 Å². The first-order chi connectivity index (χ1) is 41.6. The Morgan fingerprint density at radius 1 is 0.314 bits per heavy atom. The van der Waals surface area contributed by atoms with E-state index in [1.165, 1.54) is 94.5 Å². The standard InChI is InChI=1S/C78H82N8/c1-17-49-39(9)59-33-67-53(21-5)43(13)75(83-67)73(76-44(14)54(22-6)68(84-76)34-60-40(10)50(18-2)64(80-60)37-63(49)79-59)58-31-27-29-48-32-47-28-25-26-30-57(47)72(71(48)58)74-77-45(15)55(23-7)69(85-77)35-61-41(11)51(19-3)65(81-61)38-66-52(20-4)42(12)62(82-66)36-70-56(24-8)46(16)78(74)86-70/h25-38,79,81,84,86H,17-24H2,1-16H3. The number of hydrogen-bond donors (Lipinski definition) is 4. The minimum absolute atomic E-state index is 0.827. The second kappa shape index (κ2) is 21.7. The summed E-state index contributed by atoms with van der Waals surface area (Å²) < 4.78 is 0. The van der Waals surface area contributed by atoms with Crippen LogP contribution in [0.2, 0.25) is 0 Å². The molecule has 6 aromatic heterocycles. The molecule has 10 heterocycles. The number of aromatic nitrogens is 8. The molecule has 8 nitrogen and oxygen atoms in total. The highest BCUT2D eigenvalue weighted by atomic mass is 14.8. The predicted molar refractivity (Wildman–Crippen MR) is 369 cm³/mol. The summed E-state index contributed by atoms with van der Waals surface area (Å²) in [5.74, 6) is 0. The summed E-state index contributed by atoms with van der Waals surface area (Å²) in [5.41, 5.74) is 41.2. The monoisotopic (exact) mass is 1130 g/mol. The van der Waals surface area contributed by atoms with Gasteiger partial charge in [-0.15, -0.1) is 0 Å². The van der Waals surface area contributed by atoms with E-state index in [0.717, 1.165) is 179 Å². The SMILES string of the molecule is CCC1=C(C)c2cc3[nH]c(c(C)c3CC)c(-c3cccc4cc5ccccc5c(-c5c6nc(cc7[nH]c(cc8nc(cc9[nH]c5c(C)c9CC)C(C)=C8CC)c(CC)c7C)C(CC)=C6C)c34)c3nc(cc4[nH]c(cc1n2)c(CC)c4C)C(CC)=C3C. The number of H-pyrrole nitrogens is 4. The summed E-state index contributed by atoms with van der Waals surface area (Å²) in [6.07, 6.45) is 6.92. The highest BCUT2D eigenvalue weighted by molar-refractivity contribution is 6.22. The average Bonchev–Trinajstić information content (AvgIpc) is 1.85. The number of nitrogens with zero attached hydrogens (tertiary/aromatic N) is 4. The number of aryl methyl sites for hydroxylation is 8. The maximum Gasteiger partial charge on any atom is 0.0769 e. The fourth-order valence-corrected chi connectivity index (χ4v) is 15.4. The Bertz CT molecular complexity index is 4930. The molecule has 0 saturated carbocycles. The molecule has 3 aromatic carbocycles. The summed E-state index contributed by atoms with van der Waals surface area (Å²) in [6, 6.07) is 32.3. The van der Waals surface area contributed by atoms with Crippen LogP contribution in [0.15, 0.2) is 84.9 Å². The molecule has 16 bridgehead atoms. The third-order valence-electron chi connectivity index (χ3n) is 20.1. The van der Waals surface area contributed by atoms with E-state index in [0.29, 0.717) is 0 Å². The summed E-state index contributed by atoms with van der Waals surface area (Å²) in [7, 11) is 0. The van der Waals surface area contributed by atoms with Gasteiger partial charge in [0.25, 0.3) is 0 Å². The van der Waals surface area contributed by atoms with Crippen molar-refractivity contribution in [2.75, 3.05) is 0 Å². The van der Waals surface area contributed by atoms with Gasteiger partial charge in [0.05, 0.1) is 56.6 Å². The van der Waals surface area contributed by atoms with Crippen molar-refractivity contribution < 1.29 is 0 Å². The fraction of sp³-hybridized carbons (Fsp3) is 0.308. The van der Waals surface area contributed by atoms with Crippen LogP contribution >= 0.6 is 0 Å². The second-order valence-corrected chi connectivity index (χ2v) is 24.3. The van der Waals surface area contributed by atoms with Crippen molar-refractivity contribution in [3.05, 3.63) is 175 Å². The highest BCUT2D eigenvalue weighted by Crippen LogP contribution is 2.51. The van der Waals surface area contributed by atoms with Crippen LogP contribution in [0.1, 0.15) is 199 Å². The maximum absolute atomic E-state index is 5.98. The van der Waals surface area contributed by atoms with E-state index < -0.39 is 0 Å². The van der Waals surface area contributed by atoms with E-state index >= 15 is 0 Å². The lowest BCUT2D eigenvalue weighted by Gasteiger charge is -2.19. The zero-order valence-corrected chi connectivity index (χ0v) is 53.5. The maximum atomic E-state index is 5.98. The van der Waals surface area contributed by atoms with Crippen LogP contribution in [0.25, 0.3) is 133 Å². The first-order valence-electron chi connectivity index (χ1n) is 31.9. The molecule has 0 saturated heterocycles. The normalized spacial score (nSPS) is 13.8. The van der Waals surface area contributed by atoms with Gasteiger partial charge in [0.1, 0.15) is 0 Å². The Morgan fingerprint density at radius 3 is 1.17 bits per heavy atom. The molecule has 0 aliphatic carbocycles. The molecule has 4 aliphatic heterocycles. The van der Waals surface area contributed by atoms with Gasteiger partial charge >= 0.3 is 0 Å². The van der Waals surface area contributed by atoms with Crippen molar-refractivity contribution >= 4 is 110 Å². The van der Waals surface area contributed by atoms with Gasteiger partial charge in [-0.05, 0) is 265 Å². The van der Waals surface area contributed by atoms with Crippen molar-refractivity contribution in [2.24, 2.45) is 0 Å². The number of rotatable bonds is 10. The lowest BCUT2D eigenvalue weighted by Crippen LogP contribution is -1.96. The Kier molecular flexibility index (Phi) is 14.3. The third kappa shape index (κ3) is 8.59. The van der Waals surface area contributed by atoms with Crippen LogP contribution in [0, 0.1) is 27.7 Å². The van der Waals surface area contributed by atoms with Gasteiger partial charge in [-0.1, -0.05) is 97.9 Å². The average molecular weight is 1130 g/mol. The molecule has 8 heteroatoms. The smallest absolute Gasteiger partial charge is 0.0769 e. The number of benzene rings is 3. The molecule has 86 heavy (non-hydrogen) atoms. The lowest BCUT2D eigenvalue weighted by atomic mass is 9.84. The van der Waals surface area contributed by atoms with Crippen LogP contribution < -0.4 is 0 Å². The minimum atomic E-state index is 0.827. The molecular weight excluding hydrogens is 1050 g/mol. The fourth-order valence-electron chi connectivity index (χ4n) is 15.4. The van der Waals surface area contributed by atoms with Gasteiger partial charge in [0.2, 0.25) is 0 Å². The number of nitrogens with one attached hydrogen (secondary N) is 4. The third-order valence-corrected chi connectivity index (χ3v) is 20.1. The van der Waals surface area contributed by atoms with E-state index in [9.17, 15) is 0 Å². The highest BCUT2D eigenvalue weighted by Gasteiger charge is 2.30. The molecule has 0 spiro atoms. The van der Waals surface area contributed by atoms with Crippen LogP contribution in [-0.4, -0.2) is 39.9 Å². The van der Waals surface area contributed by atoms with Gasteiger partial charge < -0.3 is 19.9 Å². The van der Waals surface area contributed by atoms with Crippen molar-refractivity contribution in [1.82, 2.24) is 39.9 Å². The van der Waals surface area contributed by atoms with Gasteiger partial charge in [0.15, 0.2) is 0 Å². The Balaban J connectivity index is 1.28. The molecule has 13 rings (SSSR count). The van der Waals surface area contributed by atoms with Gasteiger partial charge in [-0.3, -0.25) is 0 Å². The molecule has 434 valence electrons. The summed E-state index contributed by atoms with van der Waals surface area (Å²) >= 11 is 0. The predicted octanol–water partition coefficient (Wildman–Crippen LogP) is 21.4. The van der Waals surface area contributed by atoms with Gasteiger partial charge in [-0.2, -0.15) is 0 Å². The molecule has 4 aliphatic rings. The zero-order chi connectivity index (χ0) is 60.3. The van der Waals surface area contributed by atoms with Crippen LogP contribution in [0.3, 0.4) is 0 Å². The van der Waals surface area contributed by atoms with Gasteiger partial charge in [-0.25, -0.2) is 19.9 Å². The topological polar surface area (TPSA) is 115 Å². The molecule has 0 unspecified atom stereocenters. The number of hydrogen-bond acceptors (Lipinski definition) is 4. The Labute approximate surface area is 506 Å². The van der Waals surface area contributed by atoms with Crippen molar-refractivity contribution in [2.45, 2.75) is 162 Å². The molecule has 4 N–H and O–H groups in total. The van der Waals surface area contributed by atoms with E-state index in [4.69, 9.17) is 19.9 Å².